The molecule has 1 aromatic carbocycles. The van der Waals surface area contributed by atoms with Gasteiger partial charge in [0.2, 0.25) is 0 Å². The SMILES string of the molecule is CCc1n[nH]c(=S)n1C1Cc2ccccc2C1. The molecule has 0 radical (unpaired) electrons. The third-order valence-electron chi connectivity index (χ3n) is 3.49. The van der Waals surface area contributed by atoms with Gasteiger partial charge in [-0.1, -0.05) is 31.2 Å². The molecule has 4 heteroatoms. The average Bonchev–Trinajstić information content (AvgIpc) is 2.91. The summed E-state index contributed by atoms with van der Waals surface area (Å²) in [5.74, 6) is 1.06. The number of H-pyrrole nitrogens is 1. The van der Waals surface area contributed by atoms with E-state index in [9.17, 15) is 0 Å². The number of benzene rings is 1. The molecule has 1 N–H and O–H groups in total. The van der Waals surface area contributed by atoms with E-state index in [0.29, 0.717) is 6.04 Å². The molecule has 0 atom stereocenters. The van der Waals surface area contributed by atoms with Crippen LogP contribution in [0.5, 0.6) is 0 Å². The van der Waals surface area contributed by atoms with Gasteiger partial charge in [0.05, 0.1) is 0 Å². The van der Waals surface area contributed by atoms with Gasteiger partial charge in [0.15, 0.2) is 4.77 Å². The molecule has 1 aliphatic rings. The zero-order valence-electron chi connectivity index (χ0n) is 9.81. The normalized spacial score (nSPS) is 15.1. The van der Waals surface area contributed by atoms with Gasteiger partial charge in [0, 0.05) is 12.5 Å². The summed E-state index contributed by atoms with van der Waals surface area (Å²) in [6.07, 6.45) is 3.05. The number of hydrogen-bond acceptors (Lipinski definition) is 2. The van der Waals surface area contributed by atoms with Crippen LogP contribution in [-0.4, -0.2) is 14.8 Å². The van der Waals surface area contributed by atoms with Crippen molar-refractivity contribution in [1.29, 1.82) is 0 Å². The van der Waals surface area contributed by atoms with Crippen LogP contribution >= 0.6 is 12.2 Å². The molecule has 0 saturated carbocycles. The molecule has 3 rings (SSSR count). The largest absolute Gasteiger partial charge is 0.300 e. The third-order valence-corrected chi connectivity index (χ3v) is 3.78. The first-order valence-corrected chi connectivity index (χ1v) is 6.43. The molecule has 0 bridgehead atoms. The second-order valence-electron chi connectivity index (χ2n) is 4.50. The number of aromatic nitrogens is 3. The van der Waals surface area contributed by atoms with E-state index < -0.39 is 0 Å². The van der Waals surface area contributed by atoms with Crippen molar-refractivity contribution in [2.75, 3.05) is 0 Å². The predicted octanol–water partition coefficient (Wildman–Crippen LogP) is 2.84. The molecule has 1 aliphatic carbocycles. The van der Waals surface area contributed by atoms with Crippen LogP contribution in [0.2, 0.25) is 0 Å². The Hall–Kier alpha value is -1.42. The highest BCUT2D eigenvalue weighted by molar-refractivity contribution is 7.71. The lowest BCUT2D eigenvalue weighted by Crippen LogP contribution is -2.12. The van der Waals surface area contributed by atoms with Gasteiger partial charge in [0.1, 0.15) is 5.82 Å². The first-order valence-electron chi connectivity index (χ1n) is 6.02. The summed E-state index contributed by atoms with van der Waals surface area (Å²) >= 11 is 5.33. The number of nitrogens with one attached hydrogen (secondary N) is 1. The van der Waals surface area contributed by atoms with Crippen LogP contribution in [0.15, 0.2) is 24.3 Å². The van der Waals surface area contributed by atoms with Crippen LogP contribution in [0.4, 0.5) is 0 Å². The van der Waals surface area contributed by atoms with E-state index in [0.717, 1.165) is 29.9 Å². The zero-order chi connectivity index (χ0) is 11.8. The number of rotatable bonds is 2. The summed E-state index contributed by atoms with van der Waals surface area (Å²) in [4.78, 5) is 0. The van der Waals surface area contributed by atoms with E-state index in [2.05, 4.69) is 46.0 Å². The smallest absolute Gasteiger partial charge is 0.195 e. The zero-order valence-corrected chi connectivity index (χ0v) is 10.6. The lowest BCUT2D eigenvalue weighted by Gasteiger charge is -2.13. The van der Waals surface area contributed by atoms with Crippen molar-refractivity contribution in [1.82, 2.24) is 14.8 Å². The molecular weight excluding hydrogens is 230 g/mol. The van der Waals surface area contributed by atoms with E-state index in [-0.39, 0.29) is 0 Å². The van der Waals surface area contributed by atoms with E-state index in [1.807, 2.05) is 0 Å². The average molecular weight is 245 g/mol. The minimum absolute atomic E-state index is 0.439. The quantitative estimate of drug-likeness (QED) is 0.825. The Kier molecular flexibility index (Phi) is 2.59. The number of aryl methyl sites for hydroxylation is 1. The summed E-state index contributed by atoms with van der Waals surface area (Å²) < 4.78 is 2.94. The van der Waals surface area contributed by atoms with Crippen molar-refractivity contribution < 1.29 is 0 Å². The fourth-order valence-corrected chi connectivity index (χ4v) is 2.98. The molecule has 3 nitrogen and oxygen atoms in total. The van der Waals surface area contributed by atoms with Crippen LogP contribution < -0.4 is 0 Å². The van der Waals surface area contributed by atoms with Gasteiger partial charge in [-0.25, -0.2) is 0 Å². The number of fused-ring (bicyclic) bond motifs is 1. The molecule has 0 spiro atoms. The lowest BCUT2D eigenvalue weighted by molar-refractivity contribution is 0.503. The second kappa shape index (κ2) is 4.11. The lowest BCUT2D eigenvalue weighted by atomic mass is 10.1. The molecule has 0 aliphatic heterocycles. The van der Waals surface area contributed by atoms with Gasteiger partial charge in [-0.3, -0.25) is 5.10 Å². The molecule has 88 valence electrons. The summed E-state index contributed by atoms with van der Waals surface area (Å²) in [5, 5.41) is 7.19. The Labute approximate surface area is 105 Å². The predicted molar refractivity (Wildman–Crippen MR) is 69.7 cm³/mol. The second-order valence-corrected chi connectivity index (χ2v) is 4.89. The number of nitrogens with zero attached hydrogens (tertiary/aromatic N) is 2. The summed E-state index contributed by atoms with van der Waals surface area (Å²) in [6, 6.07) is 9.08. The molecule has 1 aromatic heterocycles. The van der Waals surface area contributed by atoms with Gasteiger partial charge < -0.3 is 4.57 Å². The Balaban J connectivity index is 1.99. The Morgan fingerprint density at radius 1 is 1.35 bits per heavy atom. The molecule has 17 heavy (non-hydrogen) atoms. The maximum atomic E-state index is 5.33. The maximum Gasteiger partial charge on any atom is 0.195 e. The van der Waals surface area contributed by atoms with E-state index >= 15 is 0 Å². The van der Waals surface area contributed by atoms with Gasteiger partial charge in [0.25, 0.3) is 0 Å². The molecular formula is C13H15N3S. The van der Waals surface area contributed by atoms with Gasteiger partial charge in [-0.05, 0) is 36.2 Å². The molecule has 0 fully saturated rings. The van der Waals surface area contributed by atoms with Gasteiger partial charge >= 0.3 is 0 Å². The summed E-state index contributed by atoms with van der Waals surface area (Å²) in [7, 11) is 0. The van der Waals surface area contributed by atoms with Crippen LogP contribution in [0.1, 0.15) is 29.9 Å². The Morgan fingerprint density at radius 3 is 2.59 bits per heavy atom. The van der Waals surface area contributed by atoms with Crippen molar-refractivity contribution in [3.8, 4) is 0 Å². The molecule has 1 heterocycles. The van der Waals surface area contributed by atoms with Crippen molar-refractivity contribution in [2.24, 2.45) is 0 Å². The van der Waals surface area contributed by atoms with Gasteiger partial charge in [-0.2, -0.15) is 5.10 Å². The first kappa shape index (κ1) is 10.7. The topological polar surface area (TPSA) is 33.6 Å². The van der Waals surface area contributed by atoms with Crippen LogP contribution in [0.25, 0.3) is 0 Å². The molecule has 0 amide bonds. The summed E-state index contributed by atoms with van der Waals surface area (Å²) in [5.41, 5.74) is 2.89. The monoisotopic (exact) mass is 245 g/mol. The minimum Gasteiger partial charge on any atom is -0.300 e. The maximum absolute atomic E-state index is 5.33. The van der Waals surface area contributed by atoms with Crippen molar-refractivity contribution >= 4 is 12.2 Å². The van der Waals surface area contributed by atoms with Crippen LogP contribution in [-0.2, 0) is 19.3 Å². The molecule has 0 saturated heterocycles. The highest BCUT2D eigenvalue weighted by Gasteiger charge is 2.24. The van der Waals surface area contributed by atoms with Crippen LogP contribution in [0.3, 0.4) is 0 Å². The Morgan fingerprint density at radius 2 is 2.00 bits per heavy atom. The fourth-order valence-electron chi connectivity index (χ4n) is 2.68. The summed E-state index contributed by atoms with van der Waals surface area (Å²) in [6.45, 7) is 2.11. The number of aromatic amines is 1. The third kappa shape index (κ3) is 1.72. The van der Waals surface area contributed by atoms with Crippen molar-refractivity contribution in [3.63, 3.8) is 0 Å². The van der Waals surface area contributed by atoms with E-state index in [1.54, 1.807) is 0 Å². The van der Waals surface area contributed by atoms with Crippen molar-refractivity contribution in [3.05, 3.63) is 46.0 Å². The highest BCUT2D eigenvalue weighted by atomic mass is 32.1. The van der Waals surface area contributed by atoms with Crippen molar-refractivity contribution in [2.45, 2.75) is 32.2 Å². The first-order chi connectivity index (χ1) is 8.29. The highest BCUT2D eigenvalue weighted by Crippen LogP contribution is 2.30. The number of hydrogen-bond donors (Lipinski definition) is 1. The van der Waals surface area contributed by atoms with E-state index in [4.69, 9.17) is 12.2 Å². The van der Waals surface area contributed by atoms with E-state index in [1.165, 1.54) is 11.1 Å². The minimum atomic E-state index is 0.439. The standard InChI is InChI=1S/C13H15N3S/c1-2-12-14-15-13(17)16(12)11-7-9-5-3-4-6-10(9)8-11/h3-6,11H,2,7-8H2,1H3,(H,15,17). The fraction of sp³-hybridized carbons (Fsp3) is 0.385. The van der Waals surface area contributed by atoms with Gasteiger partial charge in [-0.15, -0.1) is 0 Å². The molecule has 2 aromatic rings. The van der Waals surface area contributed by atoms with Crippen LogP contribution in [0, 0.1) is 4.77 Å². The molecule has 0 unspecified atom stereocenters. The Bertz CT molecular complexity index is 572.